The van der Waals surface area contributed by atoms with Crippen molar-refractivity contribution in [2.75, 3.05) is 6.61 Å². The number of ether oxygens (including phenoxy) is 1. The molecule has 4 rings (SSSR count). The van der Waals surface area contributed by atoms with E-state index in [0.29, 0.717) is 11.8 Å². The highest BCUT2D eigenvalue weighted by molar-refractivity contribution is 5.39. The van der Waals surface area contributed by atoms with Crippen LogP contribution in [0.15, 0.2) is 60.7 Å². The van der Waals surface area contributed by atoms with Gasteiger partial charge in [0.25, 0.3) is 0 Å². The maximum absolute atomic E-state index is 5.72. The van der Waals surface area contributed by atoms with E-state index >= 15 is 0 Å². The molecule has 2 saturated carbocycles. The van der Waals surface area contributed by atoms with Crippen LogP contribution in [-0.4, -0.2) is 6.61 Å². The maximum Gasteiger partial charge on any atom is 0.119 e. The molecule has 0 aliphatic heterocycles. The van der Waals surface area contributed by atoms with Crippen molar-refractivity contribution in [2.24, 2.45) is 11.8 Å². The summed E-state index contributed by atoms with van der Waals surface area (Å²) < 4.78 is 5.72. The van der Waals surface area contributed by atoms with Gasteiger partial charge in [-0.3, -0.25) is 0 Å². The van der Waals surface area contributed by atoms with Gasteiger partial charge in [-0.25, -0.2) is 0 Å². The van der Waals surface area contributed by atoms with E-state index in [-0.39, 0.29) is 0 Å². The van der Waals surface area contributed by atoms with Crippen LogP contribution in [0.4, 0.5) is 0 Å². The molecular formula is C33H42O. The van der Waals surface area contributed by atoms with E-state index in [1.807, 2.05) is 0 Å². The van der Waals surface area contributed by atoms with Crippen LogP contribution in [0.2, 0.25) is 0 Å². The Hall–Kier alpha value is -2.46. The van der Waals surface area contributed by atoms with Crippen molar-refractivity contribution in [1.82, 2.24) is 0 Å². The van der Waals surface area contributed by atoms with Crippen LogP contribution in [0.5, 0.6) is 5.75 Å². The van der Waals surface area contributed by atoms with Crippen LogP contribution in [-0.2, 0) is 0 Å². The number of rotatable bonds is 7. The Kier molecular flexibility index (Phi) is 9.32. The zero-order valence-corrected chi connectivity index (χ0v) is 21.3. The van der Waals surface area contributed by atoms with Crippen molar-refractivity contribution < 1.29 is 4.74 Å². The van der Waals surface area contributed by atoms with Crippen LogP contribution < -0.4 is 4.74 Å². The lowest BCUT2D eigenvalue weighted by molar-refractivity contribution is 0.317. The van der Waals surface area contributed by atoms with Gasteiger partial charge in [-0.15, -0.1) is 0 Å². The molecule has 0 spiro atoms. The average Bonchev–Trinajstić information content (AvgIpc) is 2.91. The standard InChI is InChI=1S/C33H42O/c1-3-25-34-33-23-21-32(22-24-33)31-19-13-28(14-20-31)8-6-5-7-27-11-17-30(18-12-27)29-15-9-26(4-2)10-16-29/h6,8,11-12,17-18,21-24,26,28-29,31H,3-4,9-10,13-16,19-20,25H2,1-2H3/b8-6+. The van der Waals surface area contributed by atoms with Crippen LogP contribution in [0.25, 0.3) is 0 Å². The molecule has 0 amide bonds. The molecule has 0 saturated heterocycles. The first-order chi connectivity index (χ1) is 16.7. The fourth-order valence-electron chi connectivity index (χ4n) is 5.75. The van der Waals surface area contributed by atoms with E-state index in [4.69, 9.17) is 4.74 Å². The summed E-state index contributed by atoms with van der Waals surface area (Å²) in [6.45, 7) is 5.27. The molecule has 2 aliphatic rings. The summed E-state index contributed by atoms with van der Waals surface area (Å²) in [5.74, 6) is 10.7. The minimum absolute atomic E-state index is 0.665. The number of hydrogen-bond donors (Lipinski definition) is 0. The minimum atomic E-state index is 0.665. The fraction of sp³-hybridized carbons (Fsp3) is 0.515. The molecule has 0 unspecified atom stereocenters. The summed E-state index contributed by atoms with van der Waals surface area (Å²) in [4.78, 5) is 0. The highest BCUT2D eigenvalue weighted by Crippen LogP contribution is 2.38. The third-order valence-electron chi connectivity index (χ3n) is 8.07. The Morgan fingerprint density at radius 1 is 0.765 bits per heavy atom. The van der Waals surface area contributed by atoms with Crippen molar-refractivity contribution in [3.8, 4) is 17.6 Å². The van der Waals surface area contributed by atoms with E-state index in [1.165, 1.54) is 68.9 Å². The summed E-state index contributed by atoms with van der Waals surface area (Å²) in [7, 11) is 0. The van der Waals surface area contributed by atoms with Gasteiger partial charge in [-0.1, -0.05) is 62.5 Å². The normalized spacial score (nSPS) is 25.0. The van der Waals surface area contributed by atoms with Crippen LogP contribution in [0, 0.1) is 23.7 Å². The lowest BCUT2D eigenvalue weighted by Gasteiger charge is -2.28. The van der Waals surface area contributed by atoms with E-state index < -0.39 is 0 Å². The first kappa shape index (κ1) is 24.7. The molecule has 1 heteroatoms. The molecule has 0 N–H and O–H groups in total. The third kappa shape index (κ3) is 7.02. The van der Waals surface area contributed by atoms with Crippen LogP contribution in [0.1, 0.15) is 107 Å². The van der Waals surface area contributed by atoms with Gasteiger partial charge in [-0.05, 0) is 123 Å². The lowest BCUT2D eigenvalue weighted by Crippen LogP contribution is -2.12. The molecule has 0 atom stereocenters. The van der Waals surface area contributed by atoms with Gasteiger partial charge in [0, 0.05) is 5.56 Å². The highest BCUT2D eigenvalue weighted by Gasteiger charge is 2.22. The summed E-state index contributed by atoms with van der Waals surface area (Å²) in [6, 6.07) is 17.9. The molecule has 180 valence electrons. The molecule has 0 radical (unpaired) electrons. The van der Waals surface area contributed by atoms with E-state index in [2.05, 4.69) is 86.4 Å². The molecule has 2 fully saturated rings. The van der Waals surface area contributed by atoms with Crippen molar-refractivity contribution in [3.63, 3.8) is 0 Å². The van der Waals surface area contributed by atoms with E-state index in [9.17, 15) is 0 Å². The summed E-state index contributed by atoms with van der Waals surface area (Å²) in [6.07, 6.45) is 17.4. The van der Waals surface area contributed by atoms with Gasteiger partial charge < -0.3 is 4.74 Å². The molecule has 1 nitrogen and oxygen atoms in total. The Bertz CT molecular complexity index is 940. The van der Waals surface area contributed by atoms with Crippen LogP contribution in [0.3, 0.4) is 0 Å². The molecule has 0 heterocycles. The number of hydrogen-bond acceptors (Lipinski definition) is 1. The Labute approximate surface area is 208 Å². The predicted molar refractivity (Wildman–Crippen MR) is 144 cm³/mol. The van der Waals surface area contributed by atoms with Gasteiger partial charge >= 0.3 is 0 Å². The second kappa shape index (κ2) is 12.9. The van der Waals surface area contributed by atoms with Gasteiger partial charge in [-0.2, -0.15) is 0 Å². The second-order valence-electron chi connectivity index (χ2n) is 10.4. The predicted octanol–water partition coefficient (Wildman–Crippen LogP) is 9.04. The molecule has 2 aromatic rings. The van der Waals surface area contributed by atoms with Gasteiger partial charge in [0.2, 0.25) is 0 Å². The smallest absolute Gasteiger partial charge is 0.119 e. The minimum Gasteiger partial charge on any atom is -0.494 e. The molecule has 34 heavy (non-hydrogen) atoms. The quantitative estimate of drug-likeness (QED) is 0.379. The Morgan fingerprint density at radius 3 is 1.94 bits per heavy atom. The first-order valence-corrected chi connectivity index (χ1v) is 13.8. The summed E-state index contributed by atoms with van der Waals surface area (Å²) >= 11 is 0. The third-order valence-corrected chi connectivity index (χ3v) is 8.07. The fourth-order valence-corrected chi connectivity index (χ4v) is 5.75. The SMILES string of the molecule is CCCOc1ccc(C2CCC(/C=C/C#Cc3ccc(C4CCC(CC)CC4)cc3)CC2)cc1. The zero-order valence-electron chi connectivity index (χ0n) is 21.3. The molecule has 2 aliphatic carbocycles. The molecular weight excluding hydrogens is 412 g/mol. The highest BCUT2D eigenvalue weighted by atomic mass is 16.5. The van der Waals surface area contributed by atoms with Crippen molar-refractivity contribution in [3.05, 3.63) is 77.4 Å². The largest absolute Gasteiger partial charge is 0.494 e. The van der Waals surface area contributed by atoms with E-state index in [0.717, 1.165) is 36.2 Å². The monoisotopic (exact) mass is 454 g/mol. The second-order valence-corrected chi connectivity index (χ2v) is 10.4. The number of benzene rings is 2. The molecule has 2 aromatic carbocycles. The van der Waals surface area contributed by atoms with Gasteiger partial charge in [0.1, 0.15) is 5.75 Å². The summed E-state index contributed by atoms with van der Waals surface area (Å²) in [5, 5.41) is 0. The first-order valence-electron chi connectivity index (χ1n) is 13.8. The zero-order chi connectivity index (χ0) is 23.6. The maximum atomic E-state index is 5.72. The van der Waals surface area contributed by atoms with E-state index in [1.54, 1.807) is 0 Å². The summed E-state index contributed by atoms with van der Waals surface area (Å²) in [5.41, 5.74) is 4.11. The topological polar surface area (TPSA) is 9.23 Å². The van der Waals surface area contributed by atoms with Crippen molar-refractivity contribution in [2.45, 2.75) is 89.9 Å². The molecule has 0 bridgehead atoms. The molecule has 0 aromatic heterocycles. The number of allylic oxidation sites excluding steroid dienone is 2. The Balaban J connectivity index is 1.21. The lowest BCUT2D eigenvalue weighted by atomic mass is 9.78. The van der Waals surface area contributed by atoms with Gasteiger partial charge in [0.15, 0.2) is 0 Å². The Morgan fingerprint density at radius 2 is 1.35 bits per heavy atom. The van der Waals surface area contributed by atoms with Crippen molar-refractivity contribution in [1.29, 1.82) is 0 Å². The van der Waals surface area contributed by atoms with Crippen LogP contribution >= 0.6 is 0 Å². The van der Waals surface area contributed by atoms with Crippen molar-refractivity contribution >= 4 is 0 Å². The average molecular weight is 455 g/mol. The van der Waals surface area contributed by atoms with Gasteiger partial charge in [0.05, 0.1) is 6.61 Å².